The van der Waals surface area contributed by atoms with Gasteiger partial charge in [-0.1, -0.05) is 43.0 Å². The van der Waals surface area contributed by atoms with E-state index in [-0.39, 0.29) is 5.75 Å². The number of benzene rings is 3. The van der Waals surface area contributed by atoms with Gasteiger partial charge in [-0.25, -0.2) is 10.4 Å². The van der Waals surface area contributed by atoms with Crippen molar-refractivity contribution in [1.82, 2.24) is 10.4 Å². The number of carbonyl (C=O) groups is 1. The van der Waals surface area contributed by atoms with E-state index in [0.29, 0.717) is 52.4 Å². The van der Waals surface area contributed by atoms with Crippen LogP contribution >= 0.6 is 0 Å². The number of fused-ring (bicyclic) bond motifs is 1. The Morgan fingerprint density at radius 3 is 2.66 bits per heavy atom. The molecule has 4 aromatic rings. The molecule has 7 heteroatoms. The predicted octanol–water partition coefficient (Wildman–Crippen LogP) is 5.33. The molecule has 4 rings (SSSR count). The summed E-state index contributed by atoms with van der Waals surface area (Å²) in [5.74, 6) is 0.878. The van der Waals surface area contributed by atoms with E-state index in [0.717, 1.165) is 5.56 Å². The highest BCUT2D eigenvalue weighted by Crippen LogP contribution is 2.31. The summed E-state index contributed by atoms with van der Waals surface area (Å²) < 4.78 is 11.3. The number of phenols is 1. The molecule has 2 N–H and O–H groups in total. The van der Waals surface area contributed by atoms with Gasteiger partial charge in [-0.3, -0.25) is 4.79 Å². The Balaban J connectivity index is 1.60. The number of hydrazone groups is 1. The monoisotopic (exact) mass is 467 g/mol. The number of rotatable bonds is 9. The van der Waals surface area contributed by atoms with Gasteiger partial charge in [0, 0.05) is 10.9 Å². The van der Waals surface area contributed by atoms with Gasteiger partial charge >= 0.3 is 0 Å². The molecule has 0 atom stereocenters. The third-order valence-corrected chi connectivity index (χ3v) is 5.14. The van der Waals surface area contributed by atoms with Gasteiger partial charge in [0.1, 0.15) is 12.4 Å². The highest BCUT2D eigenvalue weighted by atomic mass is 16.5. The van der Waals surface area contributed by atoms with Crippen LogP contribution in [-0.4, -0.2) is 35.4 Å². The first-order valence-electron chi connectivity index (χ1n) is 11.1. The maximum atomic E-state index is 13.1. The number of aromatic hydroxyl groups is 1. The normalized spacial score (nSPS) is 10.9. The third-order valence-electron chi connectivity index (χ3n) is 5.14. The second-order valence-electron chi connectivity index (χ2n) is 7.53. The maximum absolute atomic E-state index is 13.1. The highest BCUT2D eigenvalue weighted by molar-refractivity contribution is 6.07. The SMILES string of the molecule is C=CCOc1ccc(C=NNC(=O)c2cc(-c3ccccc3O)nc3ccccc23)cc1OCC. The van der Waals surface area contributed by atoms with Crippen molar-refractivity contribution in [1.29, 1.82) is 0 Å². The Labute approximate surface area is 203 Å². The first-order chi connectivity index (χ1) is 17.1. The lowest BCUT2D eigenvalue weighted by Gasteiger charge is -2.11. The summed E-state index contributed by atoms with van der Waals surface area (Å²) in [7, 11) is 0. The van der Waals surface area contributed by atoms with Crippen molar-refractivity contribution in [3.63, 3.8) is 0 Å². The minimum absolute atomic E-state index is 0.0882. The number of hydrogen-bond acceptors (Lipinski definition) is 6. The van der Waals surface area contributed by atoms with E-state index in [1.807, 2.05) is 37.3 Å². The van der Waals surface area contributed by atoms with Crippen LogP contribution in [0, 0.1) is 0 Å². The van der Waals surface area contributed by atoms with E-state index in [1.165, 1.54) is 6.21 Å². The Morgan fingerprint density at radius 1 is 1.06 bits per heavy atom. The molecule has 1 heterocycles. The average molecular weight is 468 g/mol. The Kier molecular flexibility index (Phi) is 7.37. The van der Waals surface area contributed by atoms with E-state index < -0.39 is 5.91 Å². The van der Waals surface area contributed by atoms with Gasteiger partial charge in [0.15, 0.2) is 11.5 Å². The number of ether oxygens (including phenoxy) is 2. The molecule has 0 radical (unpaired) electrons. The van der Waals surface area contributed by atoms with Crippen LogP contribution < -0.4 is 14.9 Å². The lowest BCUT2D eigenvalue weighted by molar-refractivity contribution is 0.0956. The number of para-hydroxylation sites is 2. The van der Waals surface area contributed by atoms with E-state index >= 15 is 0 Å². The molecule has 176 valence electrons. The molecular formula is C28H25N3O4. The van der Waals surface area contributed by atoms with Crippen LogP contribution in [0.5, 0.6) is 17.2 Å². The zero-order valence-corrected chi connectivity index (χ0v) is 19.3. The summed E-state index contributed by atoms with van der Waals surface area (Å²) in [6, 6.07) is 21.3. The van der Waals surface area contributed by atoms with Crippen molar-refractivity contribution in [2.45, 2.75) is 6.92 Å². The molecule has 0 aliphatic heterocycles. The fraction of sp³-hybridized carbons (Fsp3) is 0.107. The number of nitrogens with one attached hydrogen (secondary N) is 1. The van der Waals surface area contributed by atoms with Gasteiger partial charge in [-0.2, -0.15) is 5.10 Å². The summed E-state index contributed by atoms with van der Waals surface area (Å²) in [4.78, 5) is 17.7. The second kappa shape index (κ2) is 11.0. The first kappa shape index (κ1) is 23.5. The van der Waals surface area contributed by atoms with Crippen LogP contribution in [-0.2, 0) is 0 Å². The Hall–Kier alpha value is -4.65. The molecule has 7 nitrogen and oxygen atoms in total. The van der Waals surface area contributed by atoms with Gasteiger partial charge in [0.2, 0.25) is 0 Å². The van der Waals surface area contributed by atoms with Crippen LogP contribution in [0.4, 0.5) is 0 Å². The molecule has 1 amide bonds. The topological polar surface area (TPSA) is 93.0 Å². The summed E-state index contributed by atoms with van der Waals surface area (Å²) in [5, 5.41) is 15.1. The minimum atomic E-state index is -0.396. The molecule has 3 aromatic carbocycles. The highest BCUT2D eigenvalue weighted by Gasteiger charge is 2.15. The van der Waals surface area contributed by atoms with Crippen LogP contribution in [0.3, 0.4) is 0 Å². The standard InChI is InChI=1S/C28H25N3O4/c1-3-15-35-26-14-13-19(16-27(26)34-4-2)18-29-31-28(33)22-17-24(21-10-6-8-12-25(21)32)30-23-11-7-5-9-20(22)23/h3,5-14,16-18,32H,1,4,15H2,2H3,(H,31,33). The van der Waals surface area contributed by atoms with Crippen LogP contribution in [0.1, 0.15) is 22.8 Å². The molecule has 0 fully saturated rings. The summed E-state index contributed by atoms with van der Waals surface area (Å²) >= 11 is 0. The molecule has 0 bridgehead atoms. The minimum Gasteiger partial charge on any atom is -0.507 e. The van der Waals surface area contributed by atoms with Crippen LogP contribution in [0.2, 0.25) is 0 Å². The van der Waals surface area contributed by atoms with Crippen molar-refractivity contribution >= 4 is 23.0 Å². The zero-order valence-electron chi connectivity index (χ0n) is 19.3. The summed E-state index contributed by atoms with van der Waals surface area (Å²) in [5.41, 5.74) is 5.39. The van der Waals surface area contributed by atoms with Gasteiger partial charge in [-0.15, -0.1) is 0 Å². The molecule has 0 saturated heterocycles. The Morgan fingerprint density at radius 2 is 1.86 bits per heavy atom. The van der Waals surface area contributed by atoms with Gasteiger partial charge in [0.05, 0.1) is 29.6 Å². The number of carbonyl (C=O) groups excluding carboxylic acids is 1. The summed E-state index contributed by atoms with van der Waals surface area (Å²) in [6.07, 6.45) is 3.19. The third kappa shape index (κ3) is 5.47. The summed E-state index contributed by atoms with van der Waals surface area (Å²) in [6.45, 7) is 6.39. The quantitative estimate of drug-likeness (QED) is 0.197. The van der Waals surface area contributed by atoms with Gasteiger partial charge in [-0.05, 0) is 55.0 Å². The van der Waals surface area contributed by atoms with E-state index in [4.69, 9.17) is 9.47 Å². The van der Waals surface area contributed by atoms with Crippen molar-refractivity contribution in [2.75, 3.05) is 13.2 Å². The second-order valence-corrected chi connectivity index (χ2v) is 7.53. The molecule has 35 heavy (non-hydrogen) atoms. The van der Waals surface area contributed by atoms with Crippen LogP contribution in [0.25, 0.3) is 22.2 Å². The molecule has 0 aliphatic rings. The van der Waals surface area contributed by atoms with E-state index in [9.17, 15) is 9.90 Å². The lowest BCUT2D eigenvalue weighted by atomic mass is 10.0. The fourth-order valence-corrected chi connectivity index (χ4v) is 3.56. The van der Waals surface area contributed by atoms with Crippen molar-refractivity contribution in [2.24, 2.45) is 5.10 Å². The molecule has 0 aliphatic carbocycles. The molecule has 1 aromatic heterocycles. The fourth-order valence-electron chi connectivity index (χ4n) is 3.56. The van der Waals surface area contributed by atoms with Crippen molar-refractivity contribution in [3.8, 4) is 28.5 Å². The molecule has 0 saturated carbocycles. The number of pyridine rings is 1. The van der Waals surface area contributed by atoms with Crippen molar-refractivity contribution in [3.05, 3.63) is 96.6 Å². The molecule has 0 unspecified atom stereocenters. The zero-order chi connectivity index (χ0) is 24.6. The number of aromatic nitrogens is 1. The van der Waals surface area contributed by atoms with Gasteiger partial charge < -0.3 is 14.6 Å². The smallest absolute Gasteiger partial charge is 0.272 e. The van der Waals surface area contributed by atoms with E-state index in [1.54, 1.807) is 48.5 Å². The van der Waals surface area contributed by atoms with Crippen molar-refractivity contribution < 1.29 is 19.4 Å². The Bertz CT molecular complexity index is 1400. The first-order valence-corrected chi connectivity index (χ1v) is 11.1. The van der Waals surface area contributed by atoms with Gasteiger partial charge in [0.25, 0.3) is 5.91 Å². The molecular weight excluding hydrogens is 442 g/mol. The maximum Gasteiger partial charge on any atom is 0.272 e. The predicted molar refractivity (Wildman–Crippen MR) is 137 cm³/mol. The lowest BCUT2D eigenvalue weighted by Crippen LogP contribution is -2.18. The van der Waals surface area contributed by atoms with Crippen LogP contribution in [0.15, 0.2) is 90.6 Å². The number of hydrogen-bond donors (Lipinski definition) is 2. The average Bonchev–Trinajstić information content (AvgIpc) is 2.88. The number of amides is 1. The van der Waals surface area contributed by atoms with E-state index in [2.05, 4.69) is 22.1 Å². The number of nitrogens with zero attached hydrogens (tertiary/aromatic N) is 2. The molecule has 0 spiro atoms. The number of phenolic OH excluding ortho intramolecular Hbond substituents is 1. The largest absolute Gasteiger partial charge is 0.507 e.